The van der Waals surface area contributed by atoms with E-state index in [0.717, 1.165) is 59.1 Å². The molecule has 3 aromatic carbocycles. The maximum absolute atomic E-state index is 13.0. The molecule has 0 atom stereocenters. The summed E-state index contributed by atoms with van der Waals surface area (Å²) < 4.78 is 4.56. The highest BCUT2D eigenvalue weighted by Gasteiger charge is 2.14. The number of fused-ring (bicyclic) bond motifs is 2. The van der Waals surface area contributed by atoms with Crippen molar-refractivity contribution in [3.63, 3.8) is 0 Å². The number of nitrogens with zero attached hydrogens (tertiary/aromatic N) is 2. The zero-order valence-electron chi connectivity index (χ0n) is 26.0. The van der Waals surface area contributed by atoms with Crippen molar-refractivity contribution in [3.8, 4) is 0 Å². The first-order valence-electron chi connectivity index (χ1n) is 16.1. The van der Waals surface area contributed by atoms with Crippen molar-refractivity contribution in [2.45, 2.75) is 78.3 Å². The number of aromatic nitrogens is 2. The standard InChI is InChI=1S/C38H42N4O2/c1-3-5-7-9-23-41-25-11-13-31-27-33(19-21-35(31)41)39-37(43)29-15-17-30(18-16-29)38(44)40-34-20-22-36-32(28-34)14-12-26-42(36)24-10-8-6-4-2/h11-22,25-28H,3-10,23-24H2,1-2H3/p+2. The number of hydrogen-bond acceptors (Lipinski definition) is 2. The third-order valence-electron chi connectivity index (χ3n) is 8.19. The van der Waals surface area contributed by atoms with Crippen LogP contribution in [0.3, 0.4) is 0 Å². The van der Waals surface area contributed by atoms with Crippen LogP contribution in [0.1, 0.15) is 85.9 Å². The molecule has 44 heavy (non-hydrogen) atoms. The van der Waals surface area contributed by atoms with Crippen molar-refractivity contribution < 1.29 is 18.7 Å². The minimum Gasteiger partial charge on any atom is -0.322 e. The molecular weight excluding hydrogens is 544 g/mol. The molecule has 0 fully saturated rings. The predicted octanol–water partition coefficient (Wildman–Crippen LogP) is 8.23. The normalized spacial score (nSPS) is 11.1. The maximum Gasteiger partial charge on any atom is 0.255 e. The van der Waals surface area contributed by atoms with E-state index in [1.54, 1.807) is 24.3 Å². The summed E-state index contributed by atoms with van der Waals surface area (Å²) in [4.78, 5) is 26.0. The molecule has 0 saturated heterocycles. The number of pyridine rings is 2. The van der Waals surface area contributed by atoms with Gasteiger partial charge >= 0.3 is 0 Å². The van der Waals surface area contributed by atoms with Crippen LogP contribution in [-0.2, 0) is 13.1 Å². The molecule has 2 amide bonds. The molecule has 6 nitrogen and oxygen atoms in total. The number of anilines is 2. The first-order chi connectivity index (χ1) is 21.6. The molecule has 226 valence electrons. The van der Waals surface area contributed by atoms with E-state index in [-0.39, 0.29) is 11.8 Å². The topological polar surface area (TPSA) is 66.0 Å². The lowest BCUT2D eigenvalue weighted by Gasteiger charge is -2.09. The number of hydrogen-bond donors (Lipinski definition) is 2. The SMILES string of the molecule is CCCCCC[n+]1cccc2cc(NC(=O)c3ccc(C(=O)Nc4ccc5c(ccc[n+]5CCCCCC)c4)cc3)ccc21. The Labute approximate surface area is 260 Å². The van der Waals surface area contributed by atoms with Crippen LogP contribution in [-0.4, -0.2) is 11.8 Å². The number of nitrogens with one attached hydrogen (secondary N) is 2. The molecule has 5 rings (SSSR count). The molecule has 2 N–H and O–H groups in total. The van der Waals surface area contributed by atoms with Crippen LogP contribution < -0.4 is 19.8 Å². The molecule has 0 unspecified atom stereocenters. The third kappa shape index (κ3) is 7.87. The highest BCUT2D eigenvalue weighted by atomic mass is 16.2. The number of aryl methyl sites for hydroxylation is 2. The molecule has 2 aromatic heterocycles. The van der Waals surface area contributed by atoms with Gasteiger partial charge in [-0.25, -0.2) is 0 Å². The highest BCUT2D eigenvalue weighted by Crippen LogP contribution is 2.20. The Morgan fingerprint density at radius 1 is 0.545 bits per heavy atom. The third-order valence-corrected chi connectivity index (χ3v) is 8.19. The summed E-state index contributed by atoms with van der Waals surface area (Å²) in [7, 11) is 0. The number of benzene rings is 3. The van der Waals surface area contributed by atoms with Crippen LogP contribution in [0.25, 0.3) is 21.8 Å². The van der Waals surface area contributed by atoms with Gasteiger partial charge in [0.2, 0.25) is 11.0 Å². The van der Waals surface area contributed by atoms with Gasteiger partial charge in [0.25, 0.3) is 11.8 Å². The van der Waals surface area contributed by atoms with E-state index in [1.807, 2.05) is 24.3 Å². The van der Waals surface area contributed by atoms with Crippen LogP contribution in [0.4, 0.5) is 11.4 Å². The number of carbonyl (C=O) groups excluding carboxylic acids is 2. The van der Waals surface area contributed by atoms with E-state index in [9.17, 15) is 9.59 Å². The summed E-state index contributed by atoms with van der Waals surface area (Å²) >= 11 is 0. The van der Waals surface area contributed by atoms with Crippen molar-refractivity contribution >= 4 is 45.0 Å². The van der Waals surface area contributed by atoms with Gasteiger partial charge in [-0.3, -0.25) is 9.59 Å². The second-order valence-electron chi connectivity index (χ2n) is 11.6. The van der Waals surface area contributed by atoms with Crippen molar-refractivity contribution in [1.82, 2.24) is 0 Å². The fraction of sp³-hybridized carbons (Fsp3) is 0.316. The largest absolute Gasteiger partial charge is 0.322 e. The van der Waals surface area contributed by atoms with Gasteiger partial charge < -0.3 is 10.6 Å². The number of unbranched alkanes of at least 4 members (excludes halogenated alkanes) is 6. The van der Waals surface area contributed by atoms with Crippen molar-refractivity contribution in [3.05, 3.63) is 108 Å². The van der Waals surface area contributed by atoms with Crippen molar-refractivity contribution in [1.29, 1.82) is 0 Å². The van der Waals surface area contributed by atoms with E-state index in [1.165, 1.54) is 38.5 Å². The van der Waals surface area contributed by atoms with Gasteiger partial charge in [-0.05, 0) is 73.5 Å². The quantitative estimate of drug-likeness (QED) is 0.101. The molecular formula is C38H44N4O2+2. The summed E-state index contributed by atoms with van der Waals surface area (Å²) in [6.07, 6.45) is 14.0. The van der Waals surface area contributed by atoms with Crippen LogP contribution >= 0.6 is 0 Å². The monoisotopic (exact) mass is 588 g/mol. The second-order valence-corrected chi connectivity index (χ2v) is 11.6. The van der Waals surface area contributed by atoms with E-state index in [4.69, 9.17) is 0 Å². The molecule has 0 bridgehead atoms. The van der Waals surface area contributed by atoms with Gasteiger partial charge in [0.15, 0.2) is 12.4 Å². The van der Waals surface area contributed by atoms with Crippen molar-refractivity contribution in [2.75, 3.05) is 10.6 Å². The van der Waals surface area contributed by atoms with Gasteiger partial charge in [0.05, 0.1) is 0 Å². The van der Waals surface area contributed by atoms with Gasteiger partial charge in [-0.1, -0.05) is 39.5 Å². The van der Waals surface area contributed by atoms with E-state index < -0.39 is 0 Å². The Morgan fingerprint density at radius 3 is 1.39 bits per heavy atom. The van der Waals surface area contributed by atoms with Gasteiger partial charge in [-0.2, -0.15) is 9.13 Å². The maximum atomic E-state index is 13.0. The summed E-state index contributed by atoms with van der Waals surface area (Å²) in [5.74, 6) is -0.422. The van der Waals surface area contributed by atoms with Crippen LogP contribution in [0.15, 0.2) is 97.3 Å². The van der Waals surface area contributed by atoms with E-state index >= 15 is 0 Å². The summed E-state index contributed by atoms with van der Waals surface area (Å²) in [6, 6.07) is 27.1. The van der Waals surface area contributed by atoms with Crippen LogP contribution in [0.2, 0.25) is 0 Å². The molecule has 0 aliphatic heterocycles. The molecule has 2 heterocycles. The zero-order chi connectivity index (χ0) is 30.7. The Morgan fingerprint density at radius 2 is 0.977 bits per heavy atom. The van der Waals surface area contributed by atoms with Gasteiger partial charge in [-0.15, -0.1) is 0 Å². The lowest BCUT2D eigenvalue weighted by molar-refractivity contribution is -0.672. The molecule has 0 radical (unpaired) electrons. The molecule has 0 aliphatic carbocycles. The van der Waals surface area contributed by atoms with Crippen molar-refractivity contribution in [2.24, 2.45) is 0 Å². The lowest BCUT2D eigenvalue weighted by Crippen LogP contribution is -2.34. The number of amides is 2. The smallest absolute Gasteiger partial charge is 0.255 e. The molecule has 0 spiro atoms. The summed E-state index contributed by atoms with van der Waals surface area (Å²) in [5.41, 5.74) is 4.79. The molecule has 6 heteroatoms. The number of carbonyl (C=O) groups is 2. The first-order valence-corrected chi connectivity index (χ1v) is 16.1. The predicted molar refractivity (Wildman–Crippen MR) is 179 cm³/mol. The number of rotatable bonds is 14. The Hall–Kier alpha value is -4.58. The van der Waals surface area contributed by atoms with Gasteiger partial charge in [0.1, 0.15) is 13.1 Å². The highest BCUT2D eigenvalue weighted by molar-refractivity contribution is 6.08. The lowest BCUT2D eigenvalue weighted by atomic mass is 10.1. The van der Waals surface area contributed by atoms with Crippen LogP contribution in [0, 0.1) is 0 Å². The summed E-state index contributed by atoms with van der Waals surface area (Å²) in [6.45, 7) is 6.43. The minimum atomic E-state index is -0.211. The average molecular weight is 589 g/mol. The fourth-order valence-electron chi connectivity index (χ4n) is 5.70. The second kappa shape index (κ2) is 15.2. The van der Waals surface area contributed by atoms with E-state index in [0.29, 0.717) is 11.1 Å². The Bertz CT molecular complexity index is 1600. The van der Waals surface area contributed by atoms with Crippen LogP contribution in [0.5, 0.6) is 0 Å². The molecule has 5 aromatic rings. The fourth-order valence-corrected chi connectivity index (χ4v) is 5.70. The zero-order valence-corrected chi connectivity index (χ0v) is 26.0. The minimum absolute atomic E-state index is 0.211. The van der Waals surface area contributed by atoms with Gasteiger partial charge in [0, 0.05) is 70.4 Å². The van der Waals surface area contributed by atoms with E-state index in [2.05, 4.69) is 82.4 Å². The first kappa shape index (κ1) is 30.9. The molecule has 0 aliphatic rings. The average Bonchev–Trinajstić information content (AvgIpc) is 3.05. The Balaban J connectivity index is 1.20. The molecule has 0 saturated carbocycles. The summed E-state index contributed by atoms with van der Waals surface area (Å²) in [5, 5.41) is 8.19. The Kier molecular flexibility index (Phi) is 10.7.